The summed E-state index contributed by atoms with van der Waals surface area (Å²) in [6, 6.07) is 26.8. The van der Waals surface area contributed by atoms with Crippen molar-refractivity contribution in [2.24, 2.45) is 10.9 Å². The maximum absolute atomic E-state index is 12.4. The molecule has 212 valence electrons. The second-order valence-corrected chi connectivity index (χ2v) is 10.8. The minimum Gasteiger partial charge on any atom is -0.481 e. The monoisotopic (exact) mass is 571 g/mol. The number of carboxylic acid groups (broad SMARTS) is 1. The molecular weight excluding hydrogens is 538 g/mol. The SMILES string of the molecule is CC1=NC(=S)N(CCN2CCN(C(c3ccccc3)c3ccccc3)CC2)C(c2cccc([N+](=O)[O-])c2)C1C(=O)O. The average Bonchev–Trinajstić information content (AvgIpc) is 2.98. The summed E-state index contributed by atoms with van der Waals surface area (Å²) in [6.45, 7) is 6.24. The Morgan fingerprint density at radius 3 is 2.15 bits per heavy atom. The number of piperazine rings is 1. The van der Waals surface area contributed by atoms with Gasteiger partial charge in [0.05, 0.1) is 17.0 Å². The Kier molecular flexibility index (Phi) is 8.82. The number of hydrogen-bond acceptors (Lipinski definition) is 6. The molecule has 0 spiro atoms. The summed E-state index contributed by atoms with van der Waals surface area (Å²) in [5, 5.41) is 21.9. The normalized spacial score (nSPS) is 20.2. The van der Waals surface area contributed by atoms with Gasteiger partial charge in [-0.1, -0.05) is 72.8 Å². The topological polar surface area (TPSA) is 103 Å². The van der Waals surface area contributed by atoms with Crippen LogP contribution in [0.5, 0.6) is 0 Å². The zero-order valence-electron chi connectivity index (χ0n) is 22.9. The highest BCUT2D eigenvalue weighted by molar-refractivity contribution is 7.80. The molecule has 1 N–H and O–H groups in total. The smallest absolute Gasteiger partial charge is 0.314 e. The van der Waals surface area contributed by atoms with Gasteiger partial charge in [0, 0.05) is 57.1 Å². The summed E-state index contributed by atoms with van der Waals surface area (Å²) in [4.78, 5) is 34.4. The Morgan fingerprint density at radius 2 is 1.59 bits per heavy atom. The summed E-state index contributed by atoms with van der Waals surface area (Å²) < 4.78 is 0. The zero-order valence-corrected chi connectivity index (χ0v) is 23.7. The summed E-state index contributed by atoms with van der Waals surface area (Å²) in [5.41, 5.74) is 3.38. The van der Waals surface area contributed by atoms with Crippen LogP contribution in [-0.4, -0.2) is 80.8 Å². The number of non-ortho nitro benzene ring substituents is 1. The molecule has 0 amide bonds. The molecule has 5 rings (SSSR count). The lowest BCUT2D eigenvalue weighted by atomic mass is 9.87. The fourth-order valence-corrected chi connectivity index (χ4v) is 6.28. The number of benzene rings is 3. The number of aliphatic carboxylic acids is 1. The van der Waals surface area contributed by atoms with Crippen molar-refractivity contribution in [2.45, 2.75) is 19.0 Å². The molecule has 0 radical (unpaired) electrons. The molecule has 0 bridgehead atoms. The van der Waals surface area contributed by atoms with Gasteiger partial charge in [0.2, 0.25) is 0 Å². The third-order valence-corrected chi connectivity index (χ3v) is 8.29. The molecule has 3 aromatic rings. The second-order valence-electron chi connectivity index (χ2n) is 10.4. The van der Waals surface area contributed by atoms with Crippen LogP contribution in [0.4, 0.5) is 5.69 Å². The molecule has 1 fully saturated rings. The van der Waals surface area contributed by atoms with Crippen molar-refractivity contribution >= 4 is 34.7 Å². The lowest BCUT2D eigenvalue weighted by Gasteiger charge is -2.42. The fourth-order valence-electron chi connectivity index (χ4n) is 5.93. The molecule has 3 aromatic carbocycles. The molecular formula is C31H33N5O4S. The van der Waals surface area contributed by atoms with Gasteiger partial charge in [-0.3, -0.25) is 24.7 Å². The standard InChI is InChI=1S/C31H33N5O4S/c1-22-27(30(37)38)29(25-13-8-14-26(21-25)36(39)40)35(31(41)32-22)20-17-33-15-18-34(19-16-33)28(23-9-4-2-5-10-23)24-11-6-3-7-12-24/h2-14,21,27-29H,15-20H2,1H3,(H,37,38). The zero-order chi connectivity index (χ0) is 28.9. The third-order valence-electron chi connectivity index (χ3n) is 7.97. The van der Waals surface area contributed by atoms with Gasteiger partial charge in [0.1, 0.15) is 5.92 Å². The van der Waals surface area contributed by atoms with E-state index >= 15 is 0 Å². The van der Waals surface area contributed by atoms with Crippen LogP contribution in [0.3, 0.4) is 0 Å². The van der Waals surface area contributed by atoms with E-state index in [-0.39, 0.29) is 11.7 Å². The van der Waals surface area contributed by atoms with Gasteiger partial charge >= 0.3 is 5.97 Å². The van der Waals surface area contributed by atoms with Crippen LogP contribution in [0.15, 0.2) is 89.9 Å². The first-order chi connectivity index (χ1) is 19.8. The number of carboxylic acids is 1. The van der Waals surface area contributed by atoms with Crippen LogP contribution in [0.1, 0.15) is 35.7 Å². The van der Waals surface area contributed by atoms with Crippen molar-refractivity contribution in [1.82, 2.24) is 14.7 Å². The summed E-state index contributed by atoms with van der Waals surface area (Å²) in [6.07, 6.45) is 0. The van der Waals surface area contributed by atoms with Crippen LogP contribution in [0.25, 0.3) is 0 Å². The Labute approximate surface area is 244 Å². The highest BCUT2D eigenvalue weighted by Crippen LogP contribution is 2.36. The maximum Gasteiger partial charge on any atom is 0.314 e. The van der Waals surface area contributed by atoms with E-state index < -0.39 is 22.9 Å². The molecule has 0 aliphatic carbocycles. The molecule has 0 aromatic heterocycles. The van der Waals surface area contributed by atoms with Crippen molar-refractivity contribution < 1.29 is 14.8 Å². The largest absolute Gasteiger partial charge is 0.481 e. The minimum absolute atomic E-state index is 0.0832. The molecule has 2 aliphatic heterocycles. The lowest BCUT2D eigenvalue weighted by molar-refractivity contribution is -0.385. The minimum atomic E-state index is -1.03. The van der Waals surface area contributed by atoms with Gasteiger partial charge in [0.25, 0.3) is 5.69 Å². The van der Waals surface area contributed by atoms with E-state index in [1.807, 2.05) is 17.0 Å². The van der Waals surface area contributed by atoms with Crippen LogP contribution in [0.2, 0.25) is 0 Å². The lowest BCUT2D eigenvalue weighted by Crippen LogP contribution is -2.52. The average molecular weight is 572 g/mol. The molecule has 2 heterocycles. The maximum atomic E-state index is 12.4. The van der Waals surface area contributed by atoms with Crippen molar-refractivity contribution in [3.8, 4) is 0 Å². The van der Waals surface area contributed by atoms with E-state index in [2.05, 4.69) is 63.3 Å². The Bertz CT molecular complexity index is 1390. The molecule has 2 unspecified atom stereocenters. The van der Waals surface area contributed by atoms with Gasteiger partial charge in [0.15, 0.2) is 5.11 Å². The molecule has 0 saturated carbocycles. The fraction of sp³-hybridized carbons (Fsp3) is 0.323. The predicted molar refractivity (Wildman–Crippen MR) is 162 cm³/mol. The van der Waals surface area contributed by atoms with Gasteiger partial charge in [-0.25, -0.2) is 4.99 Å². The quantitative estimate of drug-likeness (QED) is 0.222. The first-order valence-electron chi connectivity index (χ1n) is 13.7. The number of rotatable bonds is 9. The third kappa shape index (κ3) is 6.35. The number of carbonyl (C=O) groups is 1. The summed E-state index contributed by atoms with van der Waals surface area (Å²) in [5.74, 6) is -1.99. The first kappa shape index (κ1) is 28.5. The molecule has 9 nitrogen and oxygen atoms in total. The number of hydrogen-bond donors (Lipinski definition) is 1. The van der Waals surface area contributed by atoms with Crippen LogP contribution >= 0.6 is 12.2 Å². The molecule has 10 heteroatoms. The van der Waals surface area contributed by atoms with E-state index in [0.717, 1.165) is 26.2 Å². The molecule has 41 heavy (non-hydrogen) atoms. The van der Waals surface area contributed by atoms with Gasteiger partial charge in [-0.2, -0.15) is 0 Å². The number of thiocarbonyl (C=S) groups is 1. The Morgan fingerprint density at radius 1 is 0.976 bits per heavy atom. The first-order valence-corrected chi connectivity index (χ1v) is 14.1. The van der Waals surface area contributed by atoms with Crippen LogP contribution < -0.4 is 0 Å². The van der Waals surface area contributed by atoms with Crippen molar-refractivity contribution in [3.63, 3.8) is 0 Å². The van der Waals surface area contributed by atoms with Crippen molar-refractivity contribution in [3.05, 3.63) is 112 Å². The van der Waals surface area contributed by atoms with E-state index in [0.29, 0.717) is 29.5 Å². The van der Waals surface area contributed by atoms with Gasteiger partial charge in [-0.05, 0) is 35.8 Å². The molecule has 2 atom stereocenters. The van der Waals surface area contributed by atoms with E-state index in [1.54, 1.807) is 19.1 Å². The number of nitro groups is 1. The van der Waals surface area contributed by atoms with Crippen molar-refractivity contribution in [1.29, 1.82) is 0 Å². The number of nitro benzene ring substituents is 1. The Balaban J connectivity index is 1.31. The second kappa shape index (κ2) is 12.7. The van der Waals surface area contributed by atoms with Gasteiger partial charge in [-0.15, -0.1) is 0 Å². The van der Waals surface area contributed by atoms with Crippen LogP contribution in [0, 0.1) is 16.0 Å². The summed E-state index contributed by atoms with van der Waals surface area (Å²) >= 11 is 5.62. The van der Waals surface area contributed by atoms with Crippen molar-refractivity contribution in [2.75, 3.05) is 39.3 Å². The van der Waals surface area contributed by atoms with Gasteiger partial charge < -0.3 is 10.0 Å². The number of aliphatic imine (C=N–C) groups is 1. The Hall–Kier alpha value is -3.99. The van der Waals surface area contributed by atoms with E-state index in [9.17, 15) is 20.0 Å². The highest BCUT2D eigenvalue weighted by Gasteiger charge is 2.41. The van der Waals surface area contributed by atoms with E-state index in [1.165, 1.54) is 23.3 Å². The predicted octanol–water partition coefficient (Wildman–Crippen LogP) is 4.81. The van der Waals surface area contributed by atoms with E-state index in [4.69, 9.17) is 12.2 Å². The summed E-state index contributed by atoms with van der Waals surface area (Å²) in [7, 11) is 0. The molecule has 1 saturated heterocycles. The van der Waals surface area contributed by atoms with Crippen LogP contribution in [-0.2, 0) is 4.79 Å². The molecule has 2 aliphatic rings. The number of nitrogens with zero attached hydrogens (tertiary/aromatic N) is 5. The highest BCUT2D eigenvalue weighted by atomic mass is 32.1.